The number of benzene rings is 2. The van der Waals surface area contributed by atoms with Crippen LogP contribution in [0.3, 0.4) is 0 Å². The summed E-state index contributed by atoms with van der Waals surface area (Å²) in [5.41, 5.74) is 1.02. The Morgan fingerprint density at radius 1 is 1.07 bits per heavy atom. The van der Waals surface area contributed by atoms with Gasteiger partial charge >= 0.3 is 5.97 Å². The highest BCUT2D eigenvalue weighted by Crippen LogP contribution is 2.35. The van der Waals surface area contributed by atoms with Crippen molar-refractivity contribution in [1.82, 2.24) is 8.87 Å². The average Bonchev–Trinajstić information content (AvgIpc) is 3.30. The van der Waals surface area contributed by atoms with Gasteiger partial charge in [0.25, 0.3) is 5.91 Å². The number of rotatable bonds is 8. The van der Waals surface area contributed by atoms with Crippen LogP contribution in [-0.4, -0.2) is 62.1 Å². The van der Waals surface area contributed by atoms with Crippen LogP contribution >= 0.6 is 11.3 Å². The lowest BCUT2D eigenvalue weighted by atomic mass is 9.96. The number of sulfonamides is 1. The third-order valence-corrected chi connectivity index (χ3v) is 10.2. The second-order valence-electron chi connectivity index (χ2n) is 9.81. The zero-order chi connectivity index (χ0) is 28.3. The Hall–Kier alpha value is -3.22. The summed E-state index contributed by atoms with van der Waals surface area (Å²) in [6.45, 7) is 3.17. The SMILES string of the molecule is CCOC(=O)CCn1c(=NC(=O)c2ccc(S(=O)(=O)N(C)C3CCCCC3)cc2)sc2cc3c(cc21)OCCO3. The van der Waals surface area contributed by atoms with Gasteiger partial charge in [0.2, 0.25) is 10.0 Å². The Morgan fingerprint density at radius 2 is 1.75 bits per heavy atom. The third-order valence-electron chi connectivity index (χ3n) is 7.26. The zero-order valence-corrected chi connectivity index (χ0v) is 24.3. The summed E-state index contributed by atoms with van der Waals surface area (Å²) >= 11 is 1.30. The van der Waals surface area contributed by atoms with Crippen LogP contribution in [0.4, 0.5) is 0 Å². The third kappa shape index (κ3) is 5.93. The predicted molar refractivity (Wildman–Crippen MR) is 150 cm³/mol. The highest BCUT2D eigenvalue weighted by molar-refractivity contribution is 7.89. The molecule has 0 unspecified atom stereocenters. The van der Waals surface area contributed by atoms with Gasteiger partial charge in [0.15, 0.2) is 16.3 Å². The summed E-state index contributed by atoms with van der Waals surface area (Å²) in [5, 5.41) is 0. The smallest absolute Gasteiger partial charge is 0.307 e. The second kappa shape index (κ2) is 12.1. The van der Waals surface area contributed by atoms with E-state index in [2.05, 4.69) is 4.99 Å². The van der Waals surface area contributed by atoms with Gasteiger partial charge in [-0.3, -0.25) is 9.59 Å². The van der Waals surface area contributed by atoms with Crippen molar-refractivity contribution in [3.63, 3.8) is 0 Å². The van der Waals surface area contributed by atoms with Gasteiger partial charge in [-0.25, -0.2) is 8.42 Å². The normalized spacial score (nSPS) is 16.4. The molecule has 2 aromatic carbocycles. The van der Waals surface area contributed by atoms with Gasteiger partial charge in [-0.05, 0) is 44.0 Å². The van der Waals surface area contributed by atoms with Gasteiger partial charge in [0.05, 0.1) is 28.1 Å². The fourth-order valence-corrected chi connectivity index (χ4v) is 7.55. The molecule has 1 saturated carbocycles. The highest BCUT2D eigenvalue weighted by atomic mass is 32.2. The Morgan fingerprint density at radius 3 is 2.42 bits per heavy atom. The summed E-state index contributed by atoms with van der Waals surface area (Å²) in [4.78, 5) is 30.2. The van der Waals surface area contributed by atoms with Crippen LogP contribution in [0.25, 0.3) is 10.2 Å². The number of thiazole rings is 1. The molecule has 2 aliphatic rings. The standard InChI is InChI=1S/C28H33N3O7S2/c1-3-36-26(32)13-14-31-22-17-23-24(38-16-15-37-23)18-25(22)39-28(31)29-27(33)19-9-11-21(12-10-19)40(34,35)30(2)20-7-5-4-6-8-20/h9-12,17-18,20H,3-8,13-16H2,1-2H3. The molecule has 1 amide bonds. The van der Waals surface area contributed by atoms with Crippen LogP contribution in [0.2, 0.25) is 0 Å². The Labute approximate surface area is 237 Å². The Balaban J connectivity index is 1.44. The summed E-state index contributed by atoms with van der Waals surface area (Å²) in [5.74, 6) is 0.345. The minimum Gasteiger partial charge on any atom is -0.486 e. The first-order valence-electron chi connectivity index (χ1n) is 13.5. The molecule has 0 saturated heterocycles. The molecular formula is C28H33N3O7S2. The van der Waals surface area contributed by atoms with Gasteiger partial charge in [-0.2, -0.15) is 9.30 Å². The number of fused-ring (bicyclic) bond motifs is 2. The molecule has 2 heterocycles. The molecule has 40 heavy (non-hydrogen) atoms. The molecule has 214 valence electrons. The maximum Gasteiger partial charge on any atom is 0.307 e. The summed E-state index contributed by atoms with van der Waals surface area (Å²) in [7, 11) is -2.04. The molecule has 0 N–H and O–H groups in total. The van der Waals surface area contributed by atoms with Crippen molar-refractivity contribution in [2.24, 2.45) is 4.99 Å². The van der Waals surface area contributed by atoms with Crippen LogP contribution < -0.4 is 14.3 Å². The molecular weight excluding hydrogens is 554 g/mol. The molecule has 12 heteroatoms. The van der Waals surface area contributed by atoms with E-state index in [9.17, 15) is 18.0 Å². The number of hydrogen-bond donors (Lipinski definition) is 0. The first-order valence-corrected chi connectivity index (χ1v) is 15.8. The number of esters is 1. The van der Waals surface area contributed by atoms with E-state index in [4.69, 9.17) is 14.2 Å². The highest BCUT2D eigenvalue weighted by Gasteiger charge is 2.29. The Kier molecular flexibility index (Phi) is 8.57. The molecule has 1 aromatic heterocycles. The number of carbonyl (C=O) groups excluding carboxylic acids is 2. The summed E-state index contributed by atoms with van der Waals surface area (Å²) in [6, 6.07) is 9.57. The number of ether oxygens (including phenoxy) is 3. The van der Waals surface area contributed by atoms with E-state index >= 15 is 0 Å². The van der Waals surface area contributed by atoms with Crippen LogP contribution in [-0.2, 0) is 26.1 Å². The van der Waals surface area contributed by atoms with Crippen molar-refractivity contribution in [3.05, 3.63) is 46.8 Å². The molecule has 0 radical (unpaired) electrons. The lowest BCUT2D eigenvalue weighted by Gasteiger charge is -2.30. The Bertz CT molecular complexity index is 1570. The number of amides is 1. The van der Waals surface area contributed by atoms with Crippen molar-refractivity contribution in [1.29, 1.82) is 0 Å². The van der Waals surface area contributed by atoms with Gasteiger partial charge in [-0.1, -0.05) is 30.6 Å². The molecule has 0 bridgehead atoms. The molecule has 0 atom stereocenters. The van der Waals surface area contributed by atoms with Crippen LogP contribution in [0, 0.1) is 0 Å². The predicted octanol–water partition coefficient (Wildman–Crippen LogP) is 4.12. The van der Waals surface area contributed by atoms with E-state index < -0.39 is 15.9 Å². The molecule has 0 spiro atoms. The van der Waals surface area contributed by atoms with Crippen molar-refractivity contribution in [2.45, 2.75) is 62.9 Å². The van der Waals surface area contributed by atoms with Crippen molar-refractivity contribution >= 4 is 43.5 Å². The zero-order valence-electron chi connectivity index (χ0n) is 22.6. The fourth-order valence-electron chi connectivity index (χ4n) is 5.07. The maximum absolute atomic E-state index is 13.2. The molecule has 1 fully saturated rings. The first-order chi connectivity index (χ1) is 19.3. The van der Waals surface area contributed by atoms with Crippen LogP contribution in [0.1, 0.15) is 55.8 Å². The van der Waals surface area contributed by atoms with Gasteiger partial charge < -0.3 is 18.8 Å². The molecule has 5 rings (SSSR count). The molecule has 3 aromatic rings. The van der Waals surface area contributed by atoms with Gasteiger partial charge in [0.1, 0.15) is 13.2 Å². The number of aromatic nitrogens is 1. The molecule has 10 nitrogen and oxygen atoms in total. The largest absolute Gasteiger partial charge is 0.486 e. The number of hydrogen-bond acceptors (Lipinski definition) is 8. The first kappa shape index (κ1) is 28.3. The van der Waals surface area contributed by atoms with E-state index in [1.165, 1.54) is 39.9 Å². The topological polar surface area (TPSA) is 117 Å². The maximum atomic E-state index is 13.2. The monoisotopic (exact) mass is 587 g/mol. The molecule has 1 aliphatic carbocycles. The number of carbonyl (C=O) groups is 2. The van der Waals surface area contributed by atoms with E-state index in [-0.39, 0.29) is 42.0 Å². The van der Waals surface area contributed by atoms with Gasteiger partial charge in [-0.15, -0.1) is 0 Å². The van der Waals surface area contributed by atoms with Crippen molar-refractivity contribution in [3.8, 4) is 11.5 Å². The minimum atomic E-state index is -3.67. The lowest BCUT2D eigenvalue weighted by molar-refractivity contribution is -0.143. The van der Waals surface area contributed by atoms with Crippen LogP contribution in [0.15, 0.2) is 46.3 Å². The van der Waals surface area contributed by atoms with E-state index in [1.807, 2.05) is 12.1 Å². The average molecular weight is 588 g/mol. The molecule has 1 aliphatic heterocycles. The number of nitrogens with zero attached hydrogens (tertiary/aromatic N) is 3. The van der Waals surface area contributed by atoms with Crippen molar-refractivity contribution in [2.75, 3.05) is 26.9 Å². The van der Waals surface area contributed by atoms with Crippen molar-refractivity contribution < 1.29 is 32.2 Å². The second-order valence-corrected chi connectivity index (χ2v) is 12.8. The van der Waals surface area contributed by atoms with Gasteiger partial charge in [0, 0.05) is 37.3 Å². The minimum absolute atomic E-state index is 0.00506. The lowest BCUT2D eigenvalue weighted by Crippen LogP contribution is -2.38. The summed E-state index contributed by atoms with van der Waals surface area (Å²) < 4.78 is 47.0. The van der Waals surface area contributed by atoms with E-state index in [0.717, 1.165) is 42.3 Å². The van der Waals surface area contributed by atoms with E-state index in [0.29, 0.717) is 29.5 Å². The summed E-state index contributed by atoms with van der Waals surface area (Å²) in [6.07, 6.45) is 5.02. The van der Waals surface area contributed by atoms with Crippen LogP contribution in [0.5, 0.6) is 11.5 Å². The van der Waals surface area contributed by atoms with E-state index in [1.54, 1.807) is 18.5 Å². The number of aryl methyl sites for hydroxylation is 1. The quantitative estimate of drug-likeness (QED) is 0.364. The fraction of sp³-hybridized carbons (Fsp3) is 0.464.